The zero-order valence-corrected chi connectivity index (χ0v) is 12.5. The molecule has 4 nitrogen and oxygen atoms in total. The van der Waals surface area contributed by atoms with Crippen LogP contribution in [-0.2, 0) is 0 Å². The Morgan fingerprint density at radius 3 is 2.58 bits per heavy atom. The number of unbranched alkanes of at least 4 members (excludes halogenated alkanes) is 4. The second-order valence-corrected chi connectivity index (χ2v) is 4.83. The second kappa shape index (κ2) is 9.59. The average Bonchev–Trinajstić information content (AvgIpc) is 2.38. The molecule has 0 radical (unpaired) electrons. The molecule has 1 rings (SSSR count). The fourth-order valence-corrected chi connectivity index (χ4v) is 1.79. The van der Waals surface area contributed by atoms with Crippen LogP contribution in [0.15, 0.2) is 6.07 Å². The maximum Gasteiger partial charge on any atom is 0.218 e. The van der Waals surface area contributed by atoms with Gasteiger partial charge in [0.1, 0.15) is 11.6 Å². The number of rotatable bonds is 10. The van der Waals surface area contributed by atoms with Gasteiger partial charge in [-0.1, -0.05) is 39.5 Å². The number of nitrogens with one attached hydrogen (secondary N) is 1. The Bertz CT molecular complexity index is 355. The van der Waals surface area contributed by atoms with E-state index >= 15 is 0 Å². The number of hydrogen-bond acceptors (Lipinski definition) is 4. The molecule has 0 atom stereocenters. The monoisotopic (exact) mass is 265 g/mol. The Morgan fingerprint density at radius 1 is 1.05 bits per heavy atom. The van der Waals surface area contributed by atoms with E-state index in [1.807, 2.05) is 13.0 Å². The molecule has 19 heavy (non-hydrogen) atoms. The lowest BCUT2D eigenvalue weighted by Gasteiger charge is -2.09. The molecule has 4 heteroatoms. The van der Waals surface area contributed by atoms with Crippen LogP contribution in [0.4, 0.5) is 5.82 Å². The number of hydrogen-bond donors (Lipinski definition) is 1. The van der Waals surface area contributed by atoms with Crippen LogP contribution in [0.25, 0.3) is 0 Å². The van der Waals surface area contributed by atoms with Crippen LogP contribution in [0.1, 0.15) is 58.2 Å². The van der Waals surface area contributed by atoms with Crippen molar-refractivity contribution in [2.24, 2.45) is 0 Å². The van der Waals surface area contributed by atoms with Gasteiger partial charge in [-0.25, -0.2) is 4.98 Å². The molecule has 0 aliphatic rings. The van der Waals surface area contributed by atoms with Gasteiger partial charge in [0.15, 0.2) is 0 Å². The number of anilines is 1. The standard InChI is InChI=1S/C15H27N3O/c1-4-6-8-9-10-16-14-12-15(18-13(3)17-14)19-11-7-5-2/h12H,4-11H2,1-3H3,(H,16,17,18). The molecule has 0 aliphatic carbocycles. The van der Waals surface area contributed by atoms with Gasteiger partial charge in [0.2, 0.25) is 5.88 Å². The number of aryl methyl sites for hydroxylation is 1. The third kappa shape index (κ3) is 6.99. The first-order valence-electron chi connectivity index (χ1n) is 7.48. The molecule has 0 saturated heterocycles. The predicted molar refractivity (Wildman–Crippen MR) is 79.8 cm³/mol. The SMILES string of the molecule is CCCCCCNc1cc(OCCCC)nc(C)n1. The van der Waals surface area contributed by atoms with E-state index in [-0.39, 0.29) is 0 Å². The normalized spacial score (nSPS) is 10.5. The Labute approximate surface area is 117 Å². The van der Waals surface area contributed by atoms with Crippen molar-refractivity contribution in [2.75, 3.05) is 18.5 Å². The Kier molecular flexibility index (Phi) is 7.94. The lowest BCUT2D eigenvalue weighted by Crippen LogP contribution is -2.07. The first-order chi connectivity index (χ1) is 9.26. The summed E-state index contributed by atoms with van der Waals surface area (Å²) in [6.07, 6.45) is 7.21. The van der Waals surface area contributed by atoms with Crippen LogP contribution in [0, 0.1) is 6.92 Å². The van der Waals surface area contributed by atoms with Gasteiger partial charge in [0.05, 0.1) is 6.61 Å². The molecule has 0 unspecified atom stereocenters. The van der Waals surface area contributed by atoms with Gasteiger partial charge in [-0.15, -0.1) is 0 Å². The smallest absolute Gasteiger partial charge is 0.218 e. The lowest BCUT2D eigenvalue weighted by molar-refractivity contribution is 0.297. The Hall–Kier alpha value is -1.32. The van der Waals surface area contributed by atoms with Gasteiger partial charge in [-0.2, -0.15) is 4.98 Å². The van der Waals surface area contributed by atoms with Gasteiger partial charge in [-0.05, 0) is 19.8 Å². The first kappa shape index (κ1) is 15.7. The van der Waals surface area contributed by atoms with Crippen molar-refractivity contribution in [3.63, 3.8) is 0 Å². The Balaban J connectivity index is 2.39. The van der Waals surface area contributed by atoms with E-state index in [1.54, 1.807) is 0 Å². The number of nitrogens with zero attached hydrogens (tertiary/aromatic N) is 2. The number of ether oxygens (including phenoxy) is 1. The summed E-state index contributed by atoms with van der Waals surface area (Å²) < 4.78 is 5.62. The highest BCUT2D eigenvalue weighted by atomic mass is 16.5. The fourth-order valence-electron chi connectivity index (χ4n) is 1.79. The molecule has 0 aromatic carbocycles. The summed E-state index contributed by atoms with van der Waals surface area (Å²) in [6.45, 7) is 7.96. The van der Waals surface area contributed by atoms with Crippen LogP contribution in [0.3, 0.4) is 0 Å². The van der Waals surface area contributed by atoms with E-state index in [4.69, 9.17) is 4.74 Å². The Morgan fingerprint density at radius 2 is 1.84 bits per heavy atom. The van der Waals surface area contributed by atoms with Crippen LogP contribution < -0.4 is 10.1 Å². The van der Waals surface area contributed by atoms with Gasteiger partial charge >= 0.3 is 0 Å². The molecule has 0 spiro atoms. The molecule has 0 bridgehead atoms. The molecular formula is C15H27N3O. The summed E-state index contributed by atoms with van der Waals surface area (Å²) in [4.78, 5) is 8.67. The third-order valence-corrected chi connectivity index (χ3v) is 2.90. The first-order valence-corrected chi connectivity index (χ1v) is 7.48. The zero-order chi connectivity index (χ0) is 13.9. The summed E-state index contributed by atoms with van der Waals surface area (Å²) >= 11 is 0. The highest BCUT2D eigenvalue weighted by molar-refractivity contribution is 5.38. The molecule has 1 N–H and O–H groups in total. The minimum atomic E-state index is 0.678. The minimum absolute atomic E-state index is 0.678. The molecule has 108 valence electrons. The second-order valence-electron chi connectivity index (χ2n) is 4.83. The van der Waals surface area contributed by atoms with Crippen molar-refractivity contribution in [1.82, 2.24) is 9.97 Å². The highest BCUT2D eigenvalue weighted by Gasteiger charge is 2.02. The fraction of sp³-hybridized carbons (Fsp3) is 0.733. The lowest BCUT2D eigenvalue weighted by atomic mass is 10.2. The van der Waals surface area contributed by atoms with Crippen molar-refractivity contribution in [3.8, 4) is 5.88 Å². The third-order valence-electron chi connectivity index (χ3n) is 2.90. The number of aromatic nitrogens is 2. The largest absolute Gasteiger partial charge is 0.478 e. The van der Waals surface area contributed by atoms with E-state index in [0.717, 1.165) is 37.6 Å². The highest BCUT2D eigenvalue weighted by Crippen LogP contribution is 2.14. The average molecular weight is 265 g/mol. The topological polar surface area (TPSA) is 47.0 Å². The predicted octanol–water partition coefficient (Wildman–Crippen LogP) is 3.96. The van der Waals surface area contributed by atoms with E-state index in [0.29, 0.717) is 5.88 Å². The molecule has 0 saturated carbocycles. The van der Waals surface area contributed by atoms with Crippen molar-refractivity contribution < 1.29 is 4.74 Å². The van der Waals surface area contributed by atoms with E-state index in [1.165, 1.54) is 25.7 Å². The molecule has 1 aromatic rings. The van der Waals surface area contributed by atoms with Crippen LogP contribution >= 0.6 is 0 Å². The van der Waals surface area contributed by atoms with Gasteiger partial charge in [0.25, 0.3) is 0 Å². The van der Waals surface area contributed by atoms with Crippen molar-refractivity contribution >= 4 is 5.82 Å². The van der Waals surface area contributed by atoms with Crippen molar-refractivity contribution in [2.45, 2.75) is 59.3 Å². The maximum absolute atomic E-state index is 5.62. The summed E-state index contributed by atoms with van der Waals surface area (Å²) in [5.74, 6) is 2.30. The van der Waals surface area contributed by atoms with Crippen molar-refractivity contribution in [3.05, 3.63) is 11.9 Å². The van der Waals surface area contributed by atoms with E-state index in [9.17, 15) is 0 Å². The zero-order valence-electron chi connectivity index (χ0n) is 12.5. The summed E-state index contributed by atoms with van der Waals surface area (Å²) in [7, 11) is 0. The van der Waals surface area contributed by atoms with Crippen LogP contribution in [-0.4, -0.2) is 23.1 Å². The minimum Gasteiger partial charge on any atom is -0.478 e. The maximum atomic E-state index is 5.62. The van der Waals surface area contributed by atoms with Gasteiger partial charge in [-0.3, -0.25) is 0 Å². The van der Waals surface area contributed by atoms with Gasteiger partial charge in [0, 0.05) is 12.6 Å². The summed E-state index contributed by atoms with van der Waals surface area (Å²) in [5.41, 5.74) is 0. The molecule has 0 amide bonds. The molecule has 1 aromatic heterocycles. The quantitative estimate of drug-likeness (QED) is 0.651. The summed E-state index contributed by atoms with van der Waals surface area (Å²) in [6, 6.07) is 1.89. The van der Waals surface area contributed by atoms with E-state index in [2.05, 4.69) is 29.1 Å². The van der Waals surface area contributed by atoms with E-state index < -0.39 is 0 Å². The molecule has 0 fully saturated rings. The molecule has 0 aliphatic heterocycles. The van der Waals surface area contributed by atoms with Gasteiger partial charge < -0.3 is 10.1 Å². The summed E-state index contributed by atoms with van der Waals surface area (Å²) in [5, 5.41) is 3.34. The molecule has 1 heterocycles. The van der Waals surface area contributed by atoms with Crippen LogP contribution in [0.5, 0.6) is 5.88 Å². The molecular weight excluding hydrogens is 238 g/mol. The van der Waals surface area contributed by atoms with Crippen LogP contribution in [0.2, 0.25) is 0 Å². The van der Waals surface area contributed by atoms with Crippen molar-refractivity contribution in [1.29, 1.82) is 0 Å².